The van der Waals surface area contributed by atoms with Crippen molar-refractivity contribution in [2.45, 2.75) is 30.2 Å². The molecule has 1 aromatic heterocycles. The Hall–Kier alpha value is -1.55. The first-order chi connectivity index (χ1) is 13.8. The molecule has 0 N–H and O–H groups in total. The Labute approximate surface area is 173 Å². The summed E-state index contributed by atoms with van der Waals surface area (Å²) >= 11 is 0. The minimum atomic E-state index is -3.50. The summed E-state index contributed by atoms with van der Waals surface area (Å²) < 4.78 is 27.3. The largest absolute Gasteiger partial charge is 0.339 e. The Morgan fingerprint density at radius 2 is 1.79 bits per heavy atom. The van der Waals surface area contributed by atoms with Gasteiger partial charge in [0.25, 0.3) is 0 Å². The van der Waals surface area contributed by atoms with Crippen LogP contribution in [-0.2, 0) is 14.8 Å². The van der Waals surface area contributed by atoms with Crippen molar-refractivity contribution in [3.05, 3.63) is 24.5 Å². The van der Waals surface area contributed by atoms with Gasteiger partial charge in [-0.3, -0.25) is 14.7 Å². The average Bonchev–Trinajstić information content (AvgIpc) is 3.04. The van der Waals surface area contributed by atoms with E-state index in [1.54, 1.807) is 22.6 Å². The summed E-state index contributed by atoms with van der Waals surface area (Å²) in [6.07, 6.45) is 5.41. The van der Waals surface area contributed by atoms with Crippen molar-refractivity contribution in [1.82, 2.24) is 24.0 Å². The molecule has 1 amide bonds. The monoisotopic (exact) mass is 421 g/mol. The first-order valence-corrected chi connectivity index (χ1v) is 11.8. The van der Waals surface area contributed by atoms with Crippen molar-refractivity contribution in [3.8, 4) is 0 Å². The number of piperidine rings is 1. The van der Waals surface area contributed by atoms with Crippen LogP contribution in [0.3, 0.4) is 0 Å². The van der Waals surface area contributed by atoms with Crippen LogP contribution in [0.4, 0.5) is 0 Å². The molecule has 3 aliphatic heterocycles. The summed E-state index contributed by atoms with van der Waals surface area (Å²) in [6, 6.07) is 3.17. The summed E-state index contributed by atoms with van der Waals surface area (Å²) in [5.41, 5.74) is 0.0304. The number of likely N-dealkylation sites (tertiary alicyclic amines) is 1. The summed E-state index contributed by atoms with van der Waals surface area (Å²) in [5, 5.41) is 0. The Morgan fingerprint density at radius 3 is 2.41 bits per heavy atom. The van der Waals surface area contributed by atoms with Gasteiger partial charge in [0.1, 0.15) is 4.90 Å². The molecule has 3 saturated heterocycles. The van der Waals surface area contributed by atoms with Crippen LogP contribution in [0.1, 0.15) is 19.3 Å². The summed E-state index contributed by atoms with van der Waals surface area (Å²) in [7, 11) is 0.626. The molecule has 0 radical (unpaired) electrons. The van der Waals surface area contributed by atoms with Crippen molar-refractivity contribution in [1.29, 1.82) is 0 Å². The average molecular weight is 422 g/mol. The van der Waals surface area contributed by atoms with Crippen molar-refractivity contribution in [2.24, 2.45) is 5.41 Å². The fourth-order valence-corrected chi connectivity index (χ4v) is 6.40. The SMILES string of the molecule is CN1CCN(C(=O)C2CC3(CCN(S(=O)(=O)c4cccnc4)CC3)CN2C)CC1. The van der Waals surface area contributed by atoms with Crippen molar-refractivity contribution in [3.63, 3.8) is 0 Å². The van der Waals surface area contributed by atoms with Crippen molar-refractivity contribution in [2.75, 3.05) is 59.9 Å². The number of pyridine rings is 1. The molecule has 8 nitrogen and oxygen atoms in total. The molecule has 4 rings (SSSR count). The van der Waals surface area contributed by atoms with E-state index >= 15 is 0 Å². The van der Waals surface area contributed by atoms with Gasteiger partial charge in [-0.2, -0.15) is 4.31 Å². The van der Waals surface area contributed by atoms with E-state index < -0.39 is 10.0 Å². The van der Waals surface area contributed by atoms with E-state index in [4.69, 9.17) is 0 Å². The fourth-order valence-electron chi connectivity index (χ4n) is 5.00. The van der Waals surface area contributed by atoms with E-state index in [1.807, 2.05) is 11.9 Å². The topological polar surface area (TPSA) is 77.1 Å². The van der Waals surface area contributed by atoms with Crippen LogP contribution in [0, 0.1) is 5.41 Å². The smallest absolute Gasteiger partial charge is 0.244 e. The molecule has 0 bridgehead atoms. The van der Waals surface area contributed by atoms with Gasteiger partial charge in [0.2, 0.25) is 15.9 Å². The molecule has 0 aromatic carbocycles. The predicted molar refractivity (Wildman–Crippen MR) is 110 cm³/mol. The highest BCUT2D eigenvalue weighted by molar-refractivity contribution is 7.89. The highest BCUT2D eigenvalue weighted by Crippen LogP contribution is 2.44. The number of carbonyl (C=O) groups is 1. The van der Waals surface area contributed by atoms with Gasteiger partial charge < -0.3 is 9.80 Å². The molecule has 1 unspecified atom stereocenters. The van der Waals surface area contributed by atoms with Gasteiger partial charge in [-0.1, -0.05) is 0 Å². The minimum absolute atomic E-state index is 0.0304. The molecule has 3 fully saturated rings. The second-order valence-corrected chi connectivity index (χ2v) is 10.8. The van der Waals surface area contributed by atoms with E-state index in [1.165, 1.54) is 6.20 Å². The van der Waals surface area contributed by atoms with Crippen LogP contribution in [0.25, 0.3) is 0 Å². The lowest BCUT2D eigenvalue weighted by atomic mass is 9.77. The van der Waals surface area contributed by atoms with Gasteiger partial charge in [-0.15, -0.1) is 0 Å². The minimum Gasteiger partial charge on any atom is -0.339 e. The maximum absolute atomic E-state index is 13.1. The number of piperazine rings is 1. The molecule has 1 spiro atoms. The lowest BCUT2D eigenvalue weighted by molar-refractivity contribution is -0.137. The first kappa shape index (κ1) is 20.7. The number of nitrogens with zero attached hydrogens (tertiary/aromatic N) is 5. The quantitative estimate of drug-likeness (QED) is 0.700. The van der Waals surface area contributed by atoms with Crippen LogP contribution in [0.15, 0.2) is 29.4 Å². The summed E-state index contributed by atoms with van der Waals surface area (Å²) in [6.45, 7) is 5.30. The number of rotatable bonds is 3. The fraction of sp³-hybridized carbons (Fsp3) is 0.700. The molecule has 1 aromatic rings. The standard InChI is InChI=1S/C20H31N5O3S/c1-22-10-12-24(13-11-22)19(26)18-14-20(16-23(18)2)5-8-25(9-6-20)29(27,28)17-4-3-7-21-15-17/h3-4,7,15,18H,5-6,8-14,16H2,1-2H3. The lowest BCUT2D eigenvalue weighted by Crippen LogP contribution is -2.52. The van der Waals surface area contributed by atoms with Gasteiger partial charge in [0.05, 0.1) is 6.04 Å². The van der Waals surface area contributed by atoms with Gasteiger partial charge in [0.15, 0.2) is 0 Å². The van der Waals surface area contributed by atoms with Crippen LogP contribution < -0.4 is 0 Å². The summed E-state index contributed by atoms with van der Waals surface area (Å²) in [4.78, 5) is 23.7. The molecule has 4 heterocycles. The maximum atomic E-state index is 13.1. The zero-order valence-electron chi connectivity index (χ0n) is 17.3. The number of sulfonamides is 1. The molecule has 1 atom stereocenters. The van der Waals surface area contributed by atoms with E-state index in [2.05, 4.69) is 21.8 Å². The van der Waals surface area contributed by atoms with Crippen molar-refractivity contribution >= 4 is 15.9 Å². The van der Waals surface area contributed by atoms with Crippen molar-refractivity contribution < 1.29 is 13.2 Å². The van der Waals surface area contributed by atoms with Gasteiger partial charge in [-0.25, -0.2) is 8.42 Å². The van der Waals surface area contributed by atoms with E-state index in [-0.39, 0.29) is 22.3 Å². The van der Waals surface area contributed by atoms with Gasteiger partial charge in [0, 0.05) is 58.2 Å². The molecule has 160 valence electrons. The highest BCUT2D eigenvalue weighted by Gasteiger charge is 2.48. The van der Waals surface area contributed by atoms with E-state index in [0.29, 0.717) is 13.1 Å². The third-order valence-corrected chi connectivity index (χ3v) is 8.78. The van der Waals surface area contributed by atoms with E-state index in [0.717, 1.165) is 52.0 Å². The maximum Gasteiger partial charge on any atom is 0.244 e. The third kappa shape index (κ3) is 4.05. The first-order valence-electron chi connectivity index (χ1n) is 10.4. The number of hydrogen-bond donors (Lipinski definition) is 0. The van der Waals surface area contributed by atoms with Gasteiger partial charge in [-0.05, 0) is 50.9 Å². The molecule has 0 saturated carbocycles. The number of aromatic nitrogens is 1. The zero-order valence-corrected chi connectivity index (χ0v) is 18.1. The second kappa shape index (κ2) is 7.94. The summed E-state index contributed by atoms with van der Waals surface area (Å²) in [5.74, 6) is 0.239. The molecule has 3 aliphatic rings. The zero-order chi connectivity index (χ0) is 20.6. The second-order valence-electron chi connectivity index (χ2n) is 8.86. The molecular formula is C20H31N5O3S. The molecular weight excluding hydrogens is 390 g/mol. The van der Waals surface area contributed by atoms with Crippen LogP contribution in [-0.4, -0.2) is 104 Å². The van der Waals surface area contributed by atoms with E-state index in [9.17, 15) is 13.2 Å². The molecule has 0 aliphatic carbocycles. The Morgan fingerprint density at radius 1 is 1.10 bits per heavy atom. The van der Waals surface area contributed by atoms with Crippen LogP contribution in [0.2, 0.25) is 0 Å². The number of likely N-dealkylation sites (N-methyl/N-ethyl adjacent to an activating group) is 2. The number of hydrogen-bond acceptors (Lipinski definition) is 6. The highest BCUT2D eigenvalue weighted by atomic mass is 32.2. The Bertz CT molecular complexity index is 831. The van der Waals surface area contributed by atoms with Crippen LogP contribution >= 0.6 is 0 Å². The third-order valence-electron chi connectivity index (χ3n) is 6.90. The molecule has 9 heteroatoms. The van der Waals surface area contributed by atoms with Crippen LogP contribution in [0.5, 0.6) is 0 Å². The number of carbonyl (C=O) groups excluding carboxylic acids is 1. The normalized spacial score (nSPS) is 26.8. The van der Waals surface area contributed by atoms with Gasteiger partial charge >= 0.3 is 0 Å². The Balaban J connectivity index is 1.39. The predicted octanol–water partition coefficient (Wildman–Crippen LogP) is 0.331. The lowest BCUT2D eigenvalue weighted by Gasteiger charge is -2.38. The Kier molecular flexibility index (Phi) is 5.67. The number of amides is 1. The molecule has 29 heavy (non-hydrogen) atoms.